The number of nitrogens with one attached hydrogen (secondary N) is 2. The number of hydrogen-bond donors (Lipinski definition) is 2. The molecule has 2 N–H and O–H groups in total. The lowest BCUT2D eigenvalue weighted by molar-refractivity contribution is -0.120. The van der Waals surface area contributed by atoms with Crippen molar-refractivity contribution in [3.63, 3.8) is 0 Å². The first-order valence-electron chi connectivity index (χ1n) is 5.89. The third-order valence-corrected chi connectivity index (χ3v) is 3.27. The third kappa shape index (κ3) is 4.88. The Morgan fingerprint density at radius 2 is 2.12 bits per heavy atom. The standard InChI is InChI=1S/C13H19BrN2O/c1-3-15-13(17)8-9-16-10(2)11-6-4-5-7-12(11)14/h4-7,10,16H,3,8-9H2,1-2H3,(H,15,17)/t10-/m1/s1. The molecular weight excluding hydrogens is 280 g/mol. The van der Waals surface area contributed by atoms with Gasteiger partial charge in [0.1, 0.15) is 0 Å². The quantitative estimate of drug-likeness (QED) is 0.848. The van der Waals surface area contributed by atoms with Gasteiger partial charge in [-0.15, -0.1) is 0 Å². The summed E-state index contributed by atoms with van der Waals surface area (Å²) in [6.07, 6.45) is 0.517. The molecule has 1 rings (SSSR count). The maximum Gasteiger partial charge on any atom is 0.221 e. The molecule has 0 unspecified atom stereocenters. The summed E-state index contributed by atoms with van der Waals surface area (Å²) in [6.45, 7) is 5.40. The summed E-state index contributed by atoms with van der Waals surface area (Å²) in [5.74, 6) is 0.0966. The Balaban J connectivity index is 2.38. The molecular formula is C13H19BrN2O. The minimum absolute atomic E-state index is 0.0966. The van der Waals surface area contributed by atoms with E-state index in [1.165, 1.54) is 5.56 Å². The Labute approximate surface area is 111 Å². The molecule has 1 aromatic rings. The van der Waals surface area contributed by atoms with Gasteiger partial charge in [-0.1, -0.05) is 34.1 Å². The highest BCUT2D eigenvalue weighted by Crippen LogP contribution is 2.22. The molecule has 0 aliphatic rings. The summed E-state index contributed by atoms with van der Waals surface area (Å²) >= 11 is 3.52. The Kier molecular flexibility index (Phi) is 6.22. The fourth-order valence-corrected chi connectivity index (χ4v) is 2.25. The van der Waals surface area contributed by atoms with Crippen LogP contribution in [0.15, 0.2) is 28.7 Å². The topological polar surface area (TPSA) is 41.1 Å². The van der Waals surface area contributed by atoms with E-state index in [2.05, 4.69) is 39.6 Å². The Bertz CT molecular complexity index is 368. The highest BCUT2D eigenvalue weighted by atomic mass is 79.9. The van der Waals surface area contributed by atoms with Crippen molar-refractivity contribution in [3.8, 4) is 0 Å². The lowest BCUT2D eigenvalue weighted by atomic mass is 10.1. The van der Waals surface area contributed by atoms with Gasteiger partial charge in [0.15, 0.2) is 0 Å². The second-order valence-corrected chi connectivity index (χ2v) is 4.76. The zero-order valence-corrected chi connectivity index (χ0v) is 11.9. The molecule has 1 atom stereocenters. The molecule has 1 amide bonds. The fraction of sp³-hybridized carbons (Fsp3) is 0.462. The number of carbonyl (C=O) groups is 1. The van der Waals surface area contributed by atoms with Crippen LogP contribution in [-0.2, 0) is 4.79 Å². The highest BCUT2D eigenvalue weighted by molar-refractivity contribution is 9.10. The van der Waals surface area contributed by atoms with E-state index in [4.69, 9.17) is 0 Å². The van der Waals surface area contributed by atoms with Crippen LogP contribution in [0.3, 0.4) is 0 Å². The van der Waals surface area contributed by atoms with Gasteiger partial charge in [0.2, 0.25) is 5.91 Å². The molecule has 0 saturated carbocycles. The summed E-state index contributed by atoms with van der Waals surface area (Å²) < 4.78 is 1.10. The molecule has 94 valence electrons. The van der Waals surface area contributed by atoms with Gasteiger partial charge in [-0.3, -0.25) is 4.79 Å². The normalized spacial score (nSPS) is 12.2. The molecule has 17 heavy (non-hydrogen) atoms. The van der Waals surface area contributed by atoms with Crippen LogP contribution in [0.25, 0.3) is 0 Å². The second kappa shape index (κ2) is 7.45. The van der Waals surface area contributed by atoms with E-state index in [-0.39, 0.29) is 11.9 Å². The van der Waals surface area contributed by atoms with E-state index in [1.54, 1.807) is 0 Å². The van der Waals surface area contributed by atoms with Gasteiger partial charge in [-0.25, -0.2) is 0 Å². The van der Waals surface area contributed by atoms with Crippen LogP contribution in [0.5, 0.6) is 0 Å². The van der Waals surface area contributed by atoms with Crippen LogP contribution in [0.4, 0.5) is 0 Å². The zero-order valence-electron chi connectivity index (χ0n) is 10.3. The van der Waals surface area contributed by atoms with E-state index < -0.39 is 0 Å². The van der Waals surface area contributed by atoms with E-state index in [9.17, 15) is 4.79 Å². The van der Waals surface area contributed by atoms with Gasteiger partial charge < -0.3 is 10.6 Å². The predicted octanol–water partition coefficient (Wildman–Crippen LogP) is 2.63. The van der Waals surface area contributed by atoms with E-state index in [1.807, 2.05) is 25.1 Å². The average Bonchev–Trinajstić information content (AvgIpc) is 2.29. The minimum Gasteiger partial charge on any atom is -0.356 e. The largest absolute Gasteiger partial charge is 0.356 e. The molecule has 4 heteroatoms. The van der Waals surface area contributed by atoms with Crippen molar-refractivity contribution in [2.45, 2.75) is 26.3 Å². The number of carbonyl (C=O) groups excluding carboxylic acids is 1. The van der Waals surface area contributed by atoms with E-state index in [0.717, 1.165) is 4.47 Å². The SMILES string of the molecule is CCNC(=O)CCN[C@H](C)c1ccccc1Br. The molecule has 0 bridgehead atoms. The number of benzene rings is 1. The molecule has 1 aromatic carbocycles. The van der Waals surface area contributed by atoms with Crippen molar-refractivity contribution < 1.29 is 4.79 Å². The lowest BCUT2D eigenvalue weighted by Crippen LogP contribution is -2.28. The van der Waals surface area contributed by atoms with Crippen molar-refractivity contribution in [2.24, 2.45) is 0 Å². The maximum absolute atomic E-state index is 11.3. The van der Waals surface area contributed by atoms with Gasteiger partial charge in [0.05, 0.1) is 0 Å². The third-order valence-electron chi connectivity index (χ3n) is 2.55. The Morgan fingerprint density at radius 1 is 1.41 bits per heavy atom. The fourth-order valence-electron chi connectivity index (χ4n) is 1.62. The second-order valence-electron chi connectivity index (χ2n) is 3.90. The first-order valence-corrected chi connectivity index (χ1v) is 6.69. The van der Waals surface area contributed by atoms with E-state index in [0.29, 0.717) is 19.5 Å². The predicted molar refractivity (Wildman–Crippen MR) is 73.9 cm³/mol. The molecule has 0 aromatic heterocycles. The molecule has 0 aliphatic carbocycles. The van der Waals surface area contributed by atoms with Crippen molar-refractivity contribution in [1.82, 2.24) is 10.6 Å². The average molecular weight is 299 g/mol. The number of hydrogen-bond acceptors (Lipinski definition) is 2. The summed E-state index contributed by atoms with van der Waals surface area (Å²) in [6, 6.07) is 8.35. The van der Waals surface area contributed by atoms with Gasteiger partial charge in [0, 0.05) is 30.0 Å². The van der Waals surface area contributed by atoms with Crippen LogP contribution >= 0.6 is 15.9 Å². The molecule has 0 fully saturated rings. The molecule has 3 nitrogen and oxygen atoms in total. The summed E-state index contributed by atoms with van der Waals surface area (Å²) in [4.78, 5) is 11.3. The molecule has 0 radical (unpaired) electrons. The number of rotatable bonds is 6. The summed E-state index contributed by atoms with van der Waals surface area (Å²) in [5, 5.41) is 6.12. The first kappa shape index (κ1) is 14.2. The van der Waals surface area contributed by atoms with Crippen LogP contribution < -0.4 is 10.6 Å². The molecule has 0 heterocycles. The summed E-state index contributed by atoms with van der Waals surface area (Å²) in [7, 11) is 0. The first-order chi connectivity index (χ1) is 8.15. The Hall–Kier alpha value is -0.870. The minimum atomic E-state index is 0.0966. The molecule has 0 aliphatic heterocycles. The molecule has 0 saturated heterocycles. The van der Waals surface area contributed by atoms with Gasteiger partial charge in [-0.2, -0.15) is 0 Å². The Morgan fingerprint density at radius 3 is 2.76 bits per heavy atom. The van der Waals surface area contributed by atoms with Crippen LogP contribution in [0, 0.1) is 0 Å². The van der Waals surface area contributed by atoms with Crippen molar-refractivity contribution in [1.29, 1.82) is 0 Å². The molecule has 0 spiro atoms. The van der Waals surface area contributed by atoms with Gasteiger partial charge in [-0.05, 0) is 25.5 Å². The van der Waals surface area contributed by atoms with Crippen molar-refractivity contribution >= 4 is 21.8 Å². The van der Waals surface area contributed by atoms with Gasteiger partial charge >= 0.3 is 0 Å². The van der Waals surface area contributed by atoms with E-state index >= 15 is 0 Å². The lowest BCUT2D eigenvalue weighted by Gasteiger charge is -2.15. The monoisotopic (exact) mass is 298 g/mol. The van der Waals surface area contributed by atoms with Gasteiger partial charge in [0.25, 0.3) is 0 Å². The maximum atomic E-state index is 11.3. The highest BCUT2D eigenvalue weighted by Gasteiger charge is 2.08. The smallest absolute Gasteiger partial charge is 0.221 e. The van der Waals surface area contributed by atoms with Crippen LogP contribution in [0.2, 0.25) is 0 Å². The van der Waals surface area contributed by atoms with Crippen LogP contribution in [-0.4, -0.2) is 19.0 Å². The zero-order chi connectivity index (χ0) is 12.7. The van der Waals surface area contributed by atoms with Crippen molar-refractivity contribution in [3.05, 3.63) is 34.3 Å². The number of amides is 1. The number of halogens is 1. The van der Waals surface area contributed by atoms with Crippen LogP contribution in [0.1, 0.15) is 31.9 Å². The van der Waals surface area contributed by atoms with Crippen molar-refractivity contribution in [2.75, 3.05) is 13.1 Å². The summed E-state index contributed by atoms with van der Waals surface area (Å²) in [5.41, 5.74) is 1.21.